The number of aromatic nitrogens is 6. The van der Waals surface area contributed by atoms with Gasteiger partial charge in [0.25, 0.3) is 0 Å². The SMILES string of the molecule is FC(F)(F)c1ccc(-c2cc(-c3cc(-c4ccccc4)nc(-c4ccccc4)n3)cc(-c3ccc(C(F)(F)F)cc3)c2-n2c3ccccc3c3cc(-c4nc(-c5ccccc5)nc(-c5ccccc5)n4)ccc32)cc1. The van der Waals surface area contributed by atoms with Gasteiger partial charge >= 0.3 is 12.4 Å². The number of fused-ring (bicyclic) bond motifs is 3. The van der Waals surface area contributed by atoms with Crippen molar-refractivity contribution in [2.75, 3.05) is 0 Å². The van der Waals surface area contributed by atoms with Gasteiger partial charge in [0.1, 0.15) is 0 Å². The van der Waals surface area contributed by atoms with Crippen molar-refractivity contribution in [3.8, 4) is 96.0 Å². The molecule has 0 fully saturated rings. The molecule has 0 saturated heterocycles. The van der Waals surface area contributed by atoms with E-state index in [0.717, 1.165) is 62.8 Å². The van der Waals surface area contributed by atoms with E-state index in [-0.39, 0.29) is 0 Å². The number of para-hydroxylation sites is 1. The lowest BCUT2D eigenvalue weighted by atomic mass is 9.90. The first kappa shape index (κ1) is 46.5. The van der Waals surface area contributed by atoms with Gasteiger partial charge in [-0.2, -0.15) is 26.3 Å². The second-order valence-corrected chi connectivity index (χ2v) is 17.9. The van der Waals surface area contributed by atoms with Crippen molar-refractivity contribution in [3.63, 3.8) is 0 Å². The molecule has 9 aromatic carbocycles. The summed E-state index contributed by atoms with van der Waals surface area (Å²) in [6.07, 6.45) is -9.24. The summed E-state index contributed by atoms with van der Waals surface area (Å²) in [5.41, 5.74) is 7.57. The summed E-state index contributed by atoms with van der Waals surface area (Å²) in [5, 5.41) is 1.62. The average Bonchev–Trinajstić information content (AvgIpc) is 3.80. The highest BCUT2D eigenvalue weighted by Crippen LogP contribution is 2.46. The number of alkyl halides is 6. The number of rotatable bonds is 9. The Morgan fingerprint density at radius 2 is 0.653 bits per heavy atom. The molecule has 0 radical (unpaired) electrons. The molecule has 12 rings (SSSR count). The van der Waals surface area contributed by atoms with Crippen LogP contribution in [0, 0.1) is 0 Å². The fraction of sp³-hybridized carbons (Fsp3) is 0.0317. The fourth-order valence-electron chi connectivity index (χ4n) is 9.50. The molecule has 0 atom stereocenters. The summed E-state index contributed by atoms with van der Waals surface area (Å²) in [5.74, 6) is 1.82. The van der Waals surface area contributed by atoms with Crippen molar-refractivity contribution >= 4 is 21.8 Å². The molecule has 0 aliphatic heterocycles. The lowest BCUT2D eigenvalue weighted by Crippen LogP contribution is -2.06. The third-order valence-corrected chi connectivity index (χ3v) is 13.1. The highest BCUT2D eigenvalue weighted by atomic mass is 19.4. The number of hydrogen-bond acceptors (Lipinski definition) is 5. The Kier molecular flexibility index (Phi) is 11.7. The largest absolute Gasteiger partial charge is 0.416 e. The molecule has 0 amide bonds. The van der Waals surface area contributed by atoms with E-state index >= 15 is 0 Å². The summed E-state index contributed by atoms with van der Waals surface area (Å²) in [6, 6.07) is 67.4. The van der Waals surface area contributed by atoms with Crippen LogP contribution in [0.15, 0.2) is 231 Å². The number of nitrogens with zero attached hydrogens (tertiary/aromatic N) is 6. The molecule has 0 aliphatic carbocycles. The zero-order valence-electron chi connectivity index (χ0n) is 39.4. The van der Waals surface area contributed by atoms with Crippen LogP contribution in [0.3, 0.4) is 0 Å². The van der Waals surface area contributed by atoms with E-state index in [1.165, 1.54) is 24.3 Å². The van der Waals surface area contributed by atoms with Crippen LogP contribution in [0.2, 0.25) is 0 Å². The van der Waals surface area contributed by atoms with Crippen molar-refractivity contribution in [1.82, 2.24) is 29.5 Å². The van der Waals surface area contributed by atoms with E-state index in [4.69, 9.17) is 24.9 Å². The normalized spacial score (nSPS) is 11.9. The van der Waals surface area contributed by atoms with Crippen LogP contribution in [0.1, 0.15) is 11.1 Å². The van der Waals surface area contributed by atoms with Gasteiger partial charge in [-0.3, -0.25) is 0 Å². The van der Waals surface area contributed by atoms with Crippen LogP contribution >= 0.6 is 0 Å². The molecule has 0 N–H and O–H groups in total. The quantitative estimate of drug-likeness (QED) is 0.135. The average molecular weight is 993 g/mol. The monoisotopic (exact) mass is 992 g/mol. The highest BCUT2D eigenvalue weighted by molar-refractivity contribution is 6.12. The van der Waals surface area contributed by atoms with Crippen LogP contribution in [-0.2, 0) is 12.4 Å². The summed E-state index contributed by atoms with van der Waals surface area (Å²) in [4.78, 5) is 25.0. The van der Waals surface area contributed by atoms with E-state index in [2.05, 4.69) is 0 Å². The van der Waals surface area contributed by atoms with Crippen LogP contribution in [-0.4, -0.2) is 29.5 Å². The van der Waals surface area contributed by atoms with Gasteiger partial charge in [0.05, 0.1) is 39.2 Å². The number of halogens is 6. The van der Waals surface area contributed by atoms with Gasteiger partial charge in [-0.15, -0.1) is 0 Å². The molecule has 75 heavy (non-hydrogen) atoms. The summed E-state index contributed by atoms with van der Waals surface area (Å²) >= 11 is 0. The molecule has 362 valence electrons. The summed E-state index contributed by atoms with van der Waals surface area (Å²) < 4.78 is 87.7. The molecule has 3 heterocycles. The van der Waals surface area contributed by atoms with Crippen molar-refractivity contribution in [2.24, 2.45) is 0 Å². The molecule has 3 aromatic heterocycles. The third-order valence-electron chi connectivity index (χ3n) is 13.1. The second kappa shape index (κ2) is 18.8. The fourth-order valence-corrected chi connectivity index (χ4v) is 9.50. The maximum atomic E-state index is 14.3. The first-order valence-electron chi connectivity index (χ1n) is 23.9. The molecule has 0 aliphatic rings. The number of hydrogen-bond donors (Lipinski definition) is 0. The standard InChI is InChI=1S/C63H38F6N6/c64-62(65,66)47-30-25-39(26-31-47)50-36-46(54-38-53(41-15-5-1-6-16-41)70-58(71-54)42-17-7-2-8-18-42)37-51(40-27-32-48(33-28-40)63(67,68)69)57(50)75-55-24-14-13-23-49(55)52-35-45(29-34-56(52)75)61-73-59(43-19-9-3-10-20-43)72-60(74-61)44-21-11-4-12-22-44/h1-38H. The molecule has 12 heteroatoms. The Morgan fingerprint density at radius 3 is 1.12 bits per heavy atom. The first-order valence-corrected chi connectivity index (χ1v) is 23.9. The third kappa shape index (κ3) is 9.07. The number of benzene rings is 9. The van der Waals surface area contributed by atoms with Gasteiger partial charge in [0, 0.05) is 55.3 Å². The topological polar surface area (TPSA) is 69.4 Å². The summed E-state index contributed by atoms with van der Waals surface area (Å²) in [7, 11) is 0. The van der Waals surface area contributed by atoms with Crippen molar-refractivity contribution < 1.29 is 26.3 Å². The van der Waals surface area contributed by atoms with E-state index in [1.807, 2.05) is 187 Å². The second-order valence-electron chi connectivity index (χ2n) is 17.9. The lowest BCUT2D eigenvalue weighted by molar-refractivity contribution is -0.138. The smallest absolute Gasteiger partial charge is 0.308 e. The zero-order chi connectivity index (χ0) is 51.3. The van der Waals surface area contributed by atoms with E-state index in [9.17, 15) is 26.3 Å². The first-order chi connectivity index (χ1) is 36.4. The molecule has 0 bridgehead atoms. The molecular formula is C63H38F6N6. The van der Waals surface area contributed by atoms with E-state index in [0.29, 0.717) is 79.3 Å². The van der Waals surface area contributed by atoms with Crippen molar-refractivity contribution in [1.29, 1.82) is 0 Å². The predicted molar refractivity (Wildman–Crippen MR) is 283 cm³/mol. The Labute approximate surface area is 426 Å². The van der Waals surface area contributed by atoms with Crippen LogP contribution in [0.25, 0.3) is 118 Å². The van der Waals surface area contributed by atoms with Crippen LogP contribution < -0.4 is 0 Å². The minimum atomic E-state index is -4.62. The molecule has 6 nitrogen and oxygen atoms in total. The van der Waals surface area contributed by atoms with Crippen LogP contribution in [0.5, 0.6) is 0 Å². The van der Waals surface area contributed by atoms with Gasteiger partial charge in [-0.1, -0.05) is 164 Å². The molecule has 0 unspecified atom stereocenters. The predicted octanol–water partition coefficient (Wildman–Crippen LogP) is 17.1. The Bertz CT molecular complexity index is 3860. The van der Waals surface area contributed by atoms with Gasteiger partial charge in [-0.25, -0.2) is 24.9 Å². The minimum absolute atomic E-state index is 0.420. The summed E-state index contributed by atoms with van der Waals surface area (Å²) in [6.45, 7) is 0. The van der Waals surface area contributed by atoms with Crippen LogP contribution in [0.4, 0.5) is 26.3 Å². The van der Waals surface area contributed by atoms with E-state index in [1.54, 1.807) is 0 Å². The molecule has 0 spiro atoms. The van der Waals surface area contributed by atoms with Crippen molar-refractivity contribution in [2.45, 2.75) is 12.4 Å². The Morgan fingerprint density at radius 1 is 0.280 bits per heavy atom. The van der Waals surface area contributed by atoms with E-state index < -0.39 is 23.5 Å². The van der Waals surface area contributed by atoms with Crippen molar-refractivity contribution in [3.05, 3.63) is 242 Å². The molecule has 12 aromatic rings. The van der Waals surface area contributed by atoms with Gasteiger partial charge in [-0.05, 0) is 77.9 Å². The Hall–Kier alpha value is -9.55. The van der Waals surface area contributed by atoms with Gasteiger partial charge in [0.2, 0.25) is 0 Å². The lowest BCUT2D eigenvalue weighted by Gasteiger charge is -2.22. The zero-order valence-corrected chi connectivity index (χ0v) is 39.4. The Balaban J connectivity index is 1.15. The molecule has 0 saturated carbocycles. The van der Waals surface area contributed by atoms with Gasteiger partial charge in [0.15, 0.2) is 23.3 Å². The maximum Gasteiger partial charge on any atom is 0.416 e. The molecular weight excluding hydrogens is 955 g/mol. The maximum absolute atomic E-state index is 14.3. The highest BCUT2D eigenvalue weighted by Gasteiger charge is 2.32. The minimum Gasteiger partial charge on any atom is -0.308 e. The van der Waals surface area contributed by atoms with Gasteiger partial charge < -0.3 is 4.57 Å².